The van der Waals surface area contributed by atoms with Gasteiger partial charge in [-0.15, -0.1) is 0 Å². The lowest BCUT2D eigenvalue weighted by Gasteiger charge is -2.25. The maximum atomic E-state index is 13.2. The monoisotopic (exact) mass is 383 g/mol. The van der Waals surface area contributed by atoms with Crippen LogP contribution in [0.5, 0.6) is 5.75 Å². The average Bonchev–Trinajstić information content (AvgIpc) is 2.71. The number of halogens is 2. The predicted octanol–water partition coefficient (Wildman–Crippen LogP) is 4.41. The highest BCUT2D eigenvalue weighted by Crippen LogP contribution is 2.14. The molecule has 1 atom stereocenters. The molecule has 28 heavy (non-hydrogen) atoms. The van der Waals surface area contributed by atoms with Gasteiger partial charge in [0.25, 0.3) is 0 Å². The van der Waals surface area contributed by atoms with Crippen molar-refractivity contribution in [3.8, 4) is 5.75 Å². The van der Waals surface area contributed by atoms with Gasteiger partial charge in [-0.3, -0.25) is 4.90 Å². The van der Waals surface area contributed by atoms with Crippen molar-refractivity contribution in [2.45, 2.75) is 19.2 Å². The van der Waals surface area contributed by atoms with Gasteiger partial charge in [0.05, 0.1) is 0 Å². The Morgan fingerprint density at radius 1 is 0.750 bits per heavy atom. The molecule has 0 spiro atoms. The van der Waals surface area contributed by atoms with Gasteiger partial charge < -0.3 is 9.84 Å². The lowest BCUT2D eigenvalue weighted by atomic mass is 10.1. The van der Waals surface area contributed by atoms with Crippen molar-refractivity contribution in [1.29, 1.82) is 0 Å². The van der Waals surface area contributed by atoms with Crippen molar-refractivity contribution in [1.82, 2.24) is 4.90 Å². The molecule has 0 aliphatic heterocycles. The number of hydrogen-bond donors (Lipinski definition) is 1. The van der Waals surface area contributed by atoms with Crippen LogP contribution in [0.4, 0.5) is 8.78 Å². The normalized spacial score (nSPS) is 12.1. The van der Waals surface area contributed by atoms with E-state index in [0.29, 0.717) is 25.4 Å². The minimum atomic E-state index is -0.707. The molecule has 0 heterocycles. The summed E-state index contributed by atoms with van der Waals surface area (Å²) in [5.41, 5.74) is 1.86. The SMILES string of the molecule is OC(COc1ccccc1)CN(Cc1ccc(F)cc1)Cc1ccc(F)cc1. The van der Waals surface area contributed by atoms with E-state index >= 15 is 0 Å². The smallest absolute Gasteiger partial charge is 0.123 e. The number of hydrogen-bond acceptors (Lipinski definition) is 3. The molecule has 3 nitrogen and oxygen atoms in total. The molecule has 0 saturated carbocycles. The molecule has 0 aliphatic rings. The van der Waals surface area contributed by atoms with Gasteiger partial charge in [0.15, 0.2) is 0 Å². The molecule has 0 fully saturated rings. The number of nitrogens with zero attached hydrogens (tertiary/aromatic N) is 1. The highest BCUT2D eigenvalue weighted by atomic mass is 19.1. The van der Waals surface area contributed by atoms with Crippen LogP contribution in [-0.4, -0.2) is 29.3 Å². The van der Waals surface area contributed by atoms with Crippen LogP contribution in [0.2, 0.25) is 0 Å². The molecule has 0 bridgehead atoms. The van der Waals surface area contributed by atoms with Gasteiger partial charge in [0.1, 0.15) is 30.1 Å². The van der Waals surface area contributed by atoms with Crippen LogP contribution >= 0.6 is 0 Å². The van der Waals surface area contributed by atoms with Crippen LogP contribution in [0.25, 0.3) is 0 Å². The summed E-state index contributed by atoms with van der Waals surface area (Å²) in [6.45, 7) is 1.58. The van der Waals surface area contributed by atoms with E-state index in [-0.39, 0.29) is 18.2 Å². The molecular weight excluding hydrogens is 360 g/mol. The van der Waals surface area contributed by atoms with Gasteiger partial charge in [-0.25, -0.2) is 8.78 Å². The first-order valence-electron chi connectivity index (χ1n) is 9.15. The molecular formula is C23H23F2NO2. The summed E-state index contributed by atoms with van der Waals surface area (Å²) in [5, 5.41) is 10.4. The molecule has 146 valence electrons. The molecule has 3 rings (SSSR count). The summed E-state index contributed by atoms with van der Waals surface area (Å²) >= 11 is 0. The molecule has 0 saturated heterocycles. The summed E-state index contributed by atoms with van der Waals surface area (Å²) in [7, 11) is 0. The second-order valence-electron chi connectivity index (χ2n) is 6.70. The minimum Gasteiger partial charge on any atom is -0.491 e. The summed E-state index contributed by atoms with van der Waals surface area (Å²) in [6.07, 6.45) is -0.707. The number of aliphatic hydroxyl groups is 1. The topological polar surface area (TPSA) is 32.7 Å². The summed E-state index contributed by atoms with van der Waals surface area (Å²) in [4.78, 5) is 2.03. The fourth-order valence-electron chi connectivity index (χ4n) is 2.94. The Morgan fingerprint density at radius 2 is 1.25 bits per heavy atom. The van der Waals surface area contributed by atoms with Crippen molar-refractivity contribution in [3.05, 3.63) is 102 Å². The van der Waals surface area contributed by atoms with Gasteiger partial charge in [-0.05, 0) is 47.5 Å². The van der Waals surface area contributed by atoms with Gasteiger partial charge in [-0.1, -0.05) is 42.5 Å². The van der Waals surface area contributed by atoms with E-state index in [0.717, 1.165) is 11.1 Å². The average molecular weight is 383 g/mol. The molecule has 1 N–H and O–H groups in total. The van der Waals surface area contributed by atoms with Crippen LogP contribution in [0.1, 0.15) is 11.1 Å². The number of rotatable bonds is 9. The molecule has 1 unspecified atom stereocenters. The highest BCUT2D eigenvalue weighted by molar-refractivity contribution is 5.21. The second kappa shape index (κ2) is 9.97. The van der Waals surface area contributed by atoms with E-state index in [4.69, 9.17) is 4.74 Å². The van der Waals surface area contributed by atoms with E-state index in [1.807, 2.05) is 35.2 Å². The molecule has 0 radical (unpaired) electrons. The van der Waals surface area contributed by atoms with Crippen LogP contribution in [-0.2, 0) is 13.1 Å². The summed E-state index contributed by atoms with van der Waals surface area (Å²) < 4.78 is 32.0. The third-order valence-electron chi connectivity index (χ3n) is 4.29. The van der Waals surface area contributed by atoms with Gasteiger partial charge >= 0.3 is 0 Å². The zero-order chi connectivity index (χ0) is 19.8. The highest BCUT2D eigenvalue weighted by Gasteiger charge is 2.14. The van der Waals surface area contributed by atoms with Crippen LogP contribution in [0, 0.1) is 11.6 Å². The lowest BCUT2D eigenvalue weighted by molar-refractivity contribution is 0.0628. The zero-order valence-electron chi connectivity index (χ0n) is 15.5. The number of para-hydroxylation sites is 1. The standard InChI is InChI=1S/C23H23F2NO2/c24-20-10-6-18(7-11-20)14-26(15-19-8-12-21(25)13-9-19)16-22(27)17-28-23-4-2-1-3-5-23/h1-13,22,27H,14-17H2. The lowest BCUT2D eigenvalue weighted by Crippen LogP contribution is -2.35. The van der Waals surface area contributed by atoms with E-state index < -0.39 is 6.10 Å². The Hall–Kier alpha value is -2.76. The third kappa shape index (κ3) is 6.44. The number of aliphatic hydroxyl groups excluding tert-OH is 1. The maximum absolute atomic E-state index is 13.2. The van der Waals surface area contributed by atoms with Crippen molar-refractivity contribution in [2.75, 3.05) is 13.2 Å². The van der Waals surface area contributed by atoms with E-state index in [9.17, 15) is 13.9 Å². The largest absolute Gasteiger partial charge is 0.491 e. The van der Waals surface area contributed by atoms with Crippen LogP contribution in [0.3, 0.4) is 0 Å². The maximum Gasteiger partial charge on any atom is 0.123 e. The van der Waals surface area contributed by atoms with E-state index in [2.05, 4.69) is 0 Å². The molecule has 3 aromatic rings. The van der Waals surface area contributed by atoms with Gasteiger partial charge in [0, 0.05) is 19.6 Å². The quantitative estimate of drug-likeness (QED) is 0.594. The minimum absolute atomic E-state index is 0.160. The second-order valence-corrected chi connectivity index (χ2v) is 6.70. The first-order chi connectivity index (χ1) is 13.6. The molecule has 0 aromatic heterocycles. The van der Waals surface area contributed by atoms with Crippen molar-refractivity contribution < 1.29 is 18.6 Å². The number of benzene rings is 3. The predicted molar refractivity (Wildman–Crippen MR) is 105 cm³/mol. The van der Waals surface area contributed by atoms with Gasteiger partial charge in [0.2, 0.25) is 0 Å². The molecule has 5 heteroatoms. The summed E-state index contributed by atoms with van der Waals surface area (Å²) in [5.74, 6) is 0.125. The van der Waals surface area contributed by atoms with E-state index in [1.54, 1.807) is 24.3 Å². The van der Waals surface area contributed by atoms with Crippen molar-refractivity contribution >= 4 is 0 Å². The van der Waals surface area contributed by atoms with Crippen molar-refractivity contribution in [2.24, 2.45) is 0 Å². The first kappa shape index (κ1) is 20.0. The number of ether oxygens (including phenoxy) is 1. The third-order valence-corrected chi connectivity index (χ3v) is 4.29. The van der Waals surface area contributed by atoms with Crippen LogP contribution < -0.4 is 4.74 Å². The van der Waals surface area contributed by atoms with Gasteiger partial charge in [-0.2, -0.15) is 0 Å². The van der Waals surface area contributed by atoms with Crippen LogP contribution in [0.15, 0.2) is 78.9 Å². The van der Waals surface area contributed by atoms with E-state index in [1.165, 1.54) is 24.3 Å². The van der Waals surface area contributed by atoms with Crippen molar-refractivity contribution in [3.63, 3.8) is 0 Å². The molecule has 0 amide bonds. The Labute approximate surface area is 163 Å². The fourth-order valence-corrected chi connectivity index (χ4v) is 2.94. The molecule has 3 aromatic carbocycles. The zero-order valence-corrected chi connectivity index (χ0v) is 15.5. The molecule has 0 aliphatic carbocycles. The Kier molecular flexibility index (Phi) is 7.12. The summed E-state index contributed by atoms with van der Waals surface area (Å²) in [6, 6.07) is 21.9. The first-order valence-corrected chi connectivity index (χ1v) is 9.15. The Morgan fingerprint density at radius 3 is 1.75 bits per heavy atom. The fraction of sp³-hybridized carbons (Fsp3) is 0.217. The Balaban J connectivity index is 1.63. The Bertz CT molecular complexity index is 791.